The van der Waals surface area contributed by atoms with Gasteiger partial charge < -0.3 is 0 Å². The number of aromatic nitrogens is 2. The van der Waals surface area contributed by atoms with Crippen LogP contribution >= 0.6 is 0 Å². The molecule has 0 fully saturated rings. The molecule has 0 saturated heterocycles. The molecule has 0 saturated carbocycles. The highest BCUT2D eigenvalue weighted by Crippen LogP contribution is 2.16. The summed E-state index contributed by atoms with van der Waals surface area (Å²) in [7, 11) is 0. The van der Waals surface area contributed by atoms with E-state index in [0.717, 1.165) is 11.4 Å². The van der Waals surface area contributed by atoms with E-state index in [4.69, 9.17) is 0 Å². The standard InChI is InChI=1S/C18H15N5/c1-14-17(12-19)18(13-20-21-15-8-4-2-5-9-15)23(22-14)16-10-6-3-7-11-16/h2-11,13,21H,1H3/b20-13+. The van der Waals surface area contributed by atoms with Crippen LogP contribution in [0.4, 0.5) is 5.69 Å². The number of hydrazone groups is 1. The number of hydrogen-bond donors (Lipinski definition) is 1. The number of aryl methyl sites for hydroxylation is 1. The number of nitrogens with one attached hydrogen (secondary N) is 1. The minimum absolute atomic E-state index is 0.521. The van der Waals surface area contributed by atoms with Crippen LogP contribution in [0, 0.1) is 18.3 Å². The number of anilines is 1. The van der Waals surface area contributed by atoms with E-state index < -0.39 is 0 Å². The number of nitriles is 1. The molecule has 1 N–H and O–H groups in total. The Bertz CT molecular complexity index is 858. The van der Waals surface area contributed by atoms with Gasteiger partial charge in [0.1, 0.15) is 17.3 Å². The van der Waals surface area contributed by atoms with Gasteiger partial charge in [0.15, 0.2) is 0 Å². The molecule has 5 nitrogen and oxygen atoms in total. The Hall–Kier alpha value is -3.39. The molecule has 2 aromatic carbocycles. The van der Waals surface area contributed by atoms with E-state index in [9.17, 15) is 5.26 Å². The second-order valence-electron chi connectivity index (χ2n) is 4.94. The van der Waals surface area contributed by atoms with Gasteiger partial charge in [-0.15, -0.1) is 0 Å². The van der Waals surface area contributed by atoms with Gasteiger partial charge in [-0.2, -0.15) is 15.5 Å². The monoisotopic (exact) mass is 301 g/mol. The molecule has 0 aliphatic carbocycles. The minimum atomic E-state index is 0.521. The molecule has 1 aromatic heterocycles. The summed E-state index contributed by atoms with van der Waals surface area (Å²) in [5.41, 5.74) is 6.57. The van der Waals surface area contributed by atoms with Crippen molar-refractivity contribution in [3.8, 4) is 11.8 Å². The van der Waals surface area contributed by atoms with Crippen molar-refractivity contribution in [2.75, 3.05) is 5.43 Å². The Morgan fingerprint density at radius 3 is 2.39 bits per heavy atom. The molecule has 0 amide bonds. The molecular formula is C18H15N5. The molecule has 0 aliphatic rings. The SMILES string of the molecule is Cc1nn(-c2ccccc2)c(/C=N/Nc2ccccc2)c1C#N. The van der Waals surface area contributed by atoms with Gasteiger partial charge in [-0.05, 0) is 31.2 Å². The molecule has 3 rings (SSSR count). The topological polar surface area (TPSA) is 66.0 Å². The van der Waals surface area contributed by atoms with Crippen LogP contribution in [-0.2, 0) is 0 Å². The van der Waals surface area contributed by atoms with Gasteiger partial charge in [-0.25, -0.2) is 4.68 Å². The second-order valence-corrected chi connectivity index (χ2v) is 4.94. The first-order valence-corrected chi connectivity index (χ1v) is 7.19. The lowest BCUT2D eigenvalue weighted by molar-refractivity contribution is 0.856. The molecule has 112 valence electrons. The third kappa shape index (κ3) is 3.11. The van der Waals surface area contributed by atoms with Crippen LogP contribution in [-0.4, -0.2) is 16.0 Å². The average molecular weight is 301 g/mol. The highest BCUT2D eigenvalue weighted by Gasteiger charge is 2.14. The van der Waals surface area contributed by atoms with Gasteiger partial charge in [0, 0.05) is 0 Å². The van der Waals surface area contributed by atoms with Crippen molar-refractivity contribution in [3.63, 3.8) is 0 Å². The van der Waals surface area contributed by atoms with Gasteiger partial charge in [-0.1, -0.05) is 36.4 Å². The van der Waals surface area contributed by atoms with Gasteiger partial charge in [0.2, 0.25) is 0 Å². The molecular weight excluding hydrogens is 286 g/mol. The highest BCUT2D eigenvalue weighted by molar-refractivity contribution is 5.83. The number of benzene rings is 2. The van der Waals surface area contributed by atoms with E-state index in [1.807, 2.05) is 67.6 Å². The van der Waals surface area contributed by atoms with Gasteiger partial charge >= 0.3 is 0 Å². The molecule has 0 bridgehead atoms. The number of rotatable bonds is 4. The predicted molar refractivity (Wildman–Crippen MR) is 90.7 cm³/mol. The number of nitrogens with zero attached hydrogens (tertiary/aromatic N) is 4. The first-order valence-electron chi connectivity index (χ1n) is 7.19. The zero-order valence-corrected chi connectivity index (χ0v) is 12.6. The van der Waals surface area contributed by atoms with Gasteiger partial charge in [0.25, 0.3) is 0 Å². The lowest BCUT2D eigenvalue weighted by atomic mass is 10.2. The third-order valence-corrected chi connectivity index (χ3v) is 3.36. The van der Waals surface area contributed by atoms with Crippen LogP contribution < -0.4 is 5.43 Å². The van der Waals surface area contributed by atoms with E-state index in [1.54, 1.807) is 10.9 Å². The fourth-order valence-electron chi connectivity index (χ4n) is 2.25. The normalized spacial score (nSPS) is 10.6. The van der Waals surface area contributed by atoms with Crippen molar-refractivity contribution in [2.24, 2.45) is 5.10 Å². The molecule has 0 spiro atoms. The number of hydrogen-bond acceptors (Lipinski definition) is 4. The van der Waals surface area contributed by atoms with Crippen LogP contribution in [0.5, 0.6) is 0 Å². The summed E-state index contributed by atoms with van der Waals surface area (Å²) in [5.74, 6) is 0. The summed E-state index contributed by atoms with van der Waals surface area (Å²) >= 11 is 0. The quantitative estimate of drug-likeness (QED) is 0.592. The maximum Gasteiger partial charge on any atom is 0.105 e. The molecule has 0 aliphatic heterocycles. The van der Waals surface area contributed by atoms with Crippen molar-refractivity contribution in [1.82, 2.24) is 9.78 Å². The zero-order chi connectivity index (χ0) is 16.1. The third-order valence-electron chi connectivity index (χ3n) is 3.36. The van der Waals surface area contributed by atoms with Crippen molar-refractivity contribution < 1.29 is 0 Å². The smallest absolute Gasteiger partial charge is 0.105 e. The Kier molecular flexibility index (Phi) is 4.16. The fraction of sp³-hybridized carbons (Fsp3) is 0.0556. The summed E-state index contributed by atoms with van der Waals surface area (Å²) in [6.07, 6.45) is 1.62. The summed E-state index contributed by atoms with van der Waals surface area (Å²) in [6.45, 7) is 1.82. The number of para-hydroxylation sites is 2. The van der Waals surface area contributed by atoms with Crippen LogP contribution in [0.2, 0.25) is 0 Å². The molecule has 0 radical (unpaired) electrons. The van der Waals surface area contributed by atoms with Gasteiger partial charge in [-0.3, -0.25) is 5.43 Å². The Labute approximate surface area is 134 Å². The van der Waals surface area contributed by atoms with Gasteiger partial charge in [0.05, 0.1) is 23.3 Å². The van der Waals surface area contributed by atoms with Crippen molar-refractivity contribution in [1.29, 1.82) is 5.26 Å². The second kappa shape index (κ2) is 6.58. The summed E-state index contributed by atoms with van der Waals surface area (Å²) in [5, 5.41) is 18.1. The molecule has 5 heteroatoms. The van der Waals surface area contributed by atoms with E-state index in [0.29, 0.717) is 17.0 Å². The lowest BCUT2D eigenvalue weighted by Gasteiger charge is -2.04. The first kappa shape index (κ1) is 14.5. The highest BCUT2D eigenvalue weighted by atomic mass is 15.3. The van der Waals surface area contributed by atoms with Crippen LogP contribution in [0.25, 0.3) is 5.69 Å². The maximum atomic E-state index is 9.39. The zero-order valence-electron chi connectivity index (χ0n) is 12.6. The maximum absolute atomic E-state index is 9.39. The molecule has 3 aromatic rings. The molecule has 0 atom stereocenters. The van der Waals surface area contributed by atoms with E-state index in [2.05, 4.69) is 21.7 Å². The summed E-state index contributed by atoms with van der Waals surface area (Å²) in [4.78, 5) is 0. The van der Waals surface area contributed by atoms with E-state index >= 15 is 0 Å². The van der Waals surface area contributed by atoms with Crippen molar-refractivity contribution >= 4 is 11.9 Å². The van der Waals surface area contributed by atoms with Crippen molar-refractivity contribution in [3.05, 3.63) is 77.6 Å². The molecule has 1 heterocycles. The first-order chi connectivity index (χ1) is 11.3. The fourth-order valence-corrected chi connectivity index (χ4v) is 2.25. The largest absolute Gasteiger partial charge is 0.278 e. The minimum Gasteiger partial charge on any atom is -0.278 e. The Morgan fingerprint density at radius 2 is 1.74 bits per heavy atom. The van der Waals surface area contributed by atoms with E-state index in [-0.39, 0.29) is 0 Å². The average Bonchev–Trinajstić information content (AvgIpc) is 2.92. The van der Waals surface area contributed by atoms with Crippen LogP contribution in [0.3, 0.4) is 0 Å². The molecule has 0 unspecified atom stereocenters. The Morgan fingerprint density at radius 1 is 1.09 bits per heavy atom. The predicted octanol–water partition coefficient (Wildman–Crippen LogP) is 3.50. The summed E-state index contributed by atoms with van der Waals surface area (Å²) < 4.78 is 1.73. The van der Waals surface area contributed by atoms with Crippen LogP contribution in [0.1, 0.15) is 17.0 Å². The Balaban J connectivity index is 1.96. The summed E-state index contributed by atoms with van der Waals surface area (Å²) in [6, 6.07) is 21.5. The lowest BCUT2D eigenvalue weighted by Crippen LogP contribution is -2.03. The molecule has 23 heavy (non-hydrogen) atoms. The van der Waals surface area contributed by atoms with Crippen molar-refractivity contribution in [2.45, 2.75) is 6.92 Å². The van der Waals surface area contributed by atoms with Crippen LogP contribution in [0.15, 0.2) is 65.8 Å². The van der Waals surface area contributed by atoms with E-state index in [1.165, 1.54) is 0 Å².